The summed E-state index contributed by atoms with van der Waals surface area (Å²) in [4.78, 5) is 2.12. The number of β-amino-alcohol motifs (C(OH)–C–C–N with tert-alkyl or cyclic N) is 1. The highest BCUT2D eigenvalue weighted by molar-refractivity contribution is 5.66. The number of nitrogens with zero attached hydrogens (tertiary/aromatic N) is 3. The van der Waals surface area contributed by atoms with Crippen LogP contribution in [0, 0.1) is 6.92 Å². The highest BCUT2D eigenvalue weighted by Gasteiger charge is 2.31. The van der Waals surface area contributed by atoms with Gasteiger partial charge in [0.25, 0.3) is 0 Å². The minimum absolute atomic E-state index is 0.621. The number of nitrogen functional groups attached to an aromatic ring is 1. The molecule has 1 saturated heterocycles. The number of aliphatic hydroxyl groups is 1. The van der Waals surface area contributed by atoms with Gasteiger partial charge in [-0.05, 0) is 26.7 Å². The fourth-order valence-electron chi connectivity index (χ4n) is 2.44. The van der Waals surface area contributed by atoms with Crippen molar-refractivity contribution in [3.63, 3.8) is 0 Å². The lowest BCUT2D eigenvalue weighted by Crippen LogP contribution is -2.47. The molecule has 0 saturated carbocycles. The molecule has 1 aromatic heterocycles. The van der Waals surface area contributed by atoms with Gasteiger partial charge in [-0.1, -0.05) is 0 Å². The highest BCUT2D eigenvalue weighted by Crippen LogP contribution is 2.30. The summed E-state index contributed by atoms with van der Waals surface area (Å²) in [6, 6.07) is 0. The average molecular weight is 224 g/mol. The Bertz CT molecular complexity index is 397. The van der Waals surface area contributed by atoms with E-state index in [1.54, 1.807) is 4.68 Å². The zero-order chi connectivity index (χ0) is 11.9. The summed E-state index contributed by atoms with van der Waals surface area (Å²) in [5, 5.41) is 14.4. The molecule has 0 radical (unpaired) electrons. The molecule has 0 bridgehead atoms. The van der Waals surface area contributed by atoms with Gasteiger partial charge in [0.1, 0.15) is 5.82 Å². The fourth-order valence-corrected chi connectivity index (χ4v) is 2.44. The Morgan fingerprint density at radius 1 is 1.50 bits per heavy atom. The van der Waals surface area contributed by atoms with Crippen molar-refractivity contribution in [1.82, 2.24) is 9.78 Å². The van der Waals surface area contributed by atoms with Crippen LogP contribution in [0.5, 0.6) is 0 Å². The van der Waals surface area contributed by atoms with Crippen LogP contribution in [0.1, 0.15) is 25.5 Å². The van der Waals surface area contributed by atoms with E-state index in [0.717, 1.165) is 36.6 Å². The smallest absolute Gasteiger partial charge is 0.150 e. The standard InChI is InChI=1S/C11H20N4O/c1-8-9(12)10(14(3)13-8)15-6-4-5-11(2,16)7-15/h16H,4-7,12H2,1-3H3. The summed E-state index contributed by atoms with van der Waals surface area (Å²) in [6.45, 7) is 5.33. The molecule has 2 rings (SSSR count). The maximum Gasteiger partial charge on any atom is 0.150 e. The minimum Gasteiger partial charge on any atom is -0.394 e. The SMILES string of the molecule is Cc1nn(C)c(N2CCCC(C)(O)C2)c1N. The van der Waals surface area contributed by atoms with Gasteiger partial charge in [-0.2, -0.15) is 5.10 Å². The largest absolute Gasteiger partial charge is 0.394 e. The molecule has 1 atom stereocenters. The van der Waals surface area contributed by atoms with Gasteiger partial charge in [-0.25, -0.2) is 0 Å². The molecule has 5 nitrogen and oxygen atoms in total. The van der Waals surface area contributed by atoms with Gasteiger partial charge >= 0.3 is 0 Å². The number of hydrogen-bond acceptors (Lipinski definition) is 4. The lowest BCUT2D eigenvalue weighted by molar-refractivity contribution is 0.0445. The number of hydrogen-bond donors (Lipinski definition) is 2. The van der Waals surface area contributed by atoms with Crippen LogP contribution in [0.3, 0.4) is 0 Å². The van der Waals surface area contributed by atoms with E-state index in [-0.39, 0.29) is 0 Å². The van der Waals surface area contributed by atoms with Crippen molar-refractivity contribution < 1.29 is 5.11 Å². The summed E-state index contributed by atoms with van der Waals surface area (Å²) < 4.78 is 1.80. The van der Waals surface area contributed by atoms with Gasteiger partial charge in [0.15, 0.2) is 0 Å². The van der Waals surface area contributed by atoms with Gasteiger partial charge < -0.3 is 15.7 Å². The molecule has 90 valence electrons. The molecule has 1 fully saturated rings. The first-order valence-corrected chi connectivity index (χ1v) is 5.67. The normalized spacial score (nSPS) is 26.1. The first kappa shape index (κ1) is 11.3. The number of rotatable bonds is 1. The van der Waals surface area contributed by atoms with Gasteiger partial charge in [-0.15, -0.1) is 0 Å². The zero-order valence-electron chi connectivity index (χ0n) is 10.2. The molecule has 1 unspecified atom stereocenters. The van der Waals surface area contributed by atoms with Crippen molar-refractivity contribution in [2.24, 2.45) is 7.05 Å². The van der Waals surface area contributed by atoms with E-state index >= 15 is 0 Å². The van der Waals surface area contributed by atoms with Crippen LogP contribution in [0.15, 0.2) is 0 Å². The van der Waals surface area contributed by atoms with Gasteiger partial charge in [0.2, 0.25) is 0 Å². The Morgan fingerprint density at radius 2 is 2.19 bits per heavy atom. The van der Waals surface area contributed by atoms with Crippen molar-refractivity contribution in [2.75, 3.05) is 23.7 Å². The number of anilines is 2. The first-order chi connectivity index (χ1) is 7.41. The molecule has 2 heterocycles. The second-order valence-corrected chi connectivity index (χ2v) is 4.97. The Hall–Kier alpha value is -1.23. The molecule has 0 aliphatic carbocycles. The van der Waals surface area contributed by atoms with Crippen molar-refractivity contribution in [1.29, 1.82) is 0 Å². The van der Waals surface area contributed by atoms with E-state index in [2.05, 4.69) is 10.00 Å². The van der Waals surface area contributed by atoms with Crippen molar-refractivity contribution in [2.45, 2.75) is 32.3 Å². The fraction of sp³-hybridized carbons (Fsp3) is 0.727. The van der Waals surface area contributed by atoms with Crippen LogP contribution in [0.4, 0.5) is 11.5 Å². The highest BCUT2D eigenvalue weighted by atomic mass is 16.3. The Balaban J connectivity index is 2.30. The maximum absolute atomic E-state index is 10.1. The number of piperidine rings is 1. The topological polar surface area (TPSA) is 67.3 Å². The van der Waals surface area contributed by atoms with Gasteiger partial charge in [-0.3, -0.25) is 4.68 Å². The second-order valence-electron chi connectivity index (χ2n) is 4.97. The first-order valence-electron chi connectivity index (χ1n) is 5.67. The predicted molar refractivity (Wildman–Crippen MR) is 64.4 cm³/mol. The lowest BCUT2D eigenvalue weighted by atomic mass is 9.95. The van der Waals surface area contributed by atoms with Crippen molar-refractivity contribution in [3.05, 3.63) is 5.69 Å². The molecule has 3 N–H and O–H groups in total. The molecule has 0 aromatic carbocycles. The second kappa shape index (κ2) is 3.66. The van der Waals surface area contributed by atoms with Crippen molar-refractivity contribution >= 4 is 11.5 Å². The molecule has 1 aliphatic heterocycles. The van der Waals surface area contributed by atoms with Gasteiger partial charge in [0.05, 0.1) is 17.0 Å². The van der Waals surface area contributed by atoms with Crippen molar-refractivity contribution in [3.8, 4) is 0 Å². The maximum atomic E-state index is 10.1. The van der Waals surface area contributed by atoms with E-state index < -0.39 is 5.60 Å². The van der Waals surface area contributed by atoms with Crippen LogP contribution in [0.25, 0.3) is 0 Å². The number of aryl methyl sites for hydroxylation is 2. The Morgan fingerprint density at radius 3 is 2.69 bits per heavy atom. The Labute approximate surface area is 95.8 Å². The van der Waals surface area contributed by atoms with E-state index in [1.165, 1.54) is 0 Å². The monoisotopic (exact) mass is 224 g/mol. The minimum atomic E-state index is -0.622. The van der Waals surface area contributed by atoms with E-state index in [9.17, 15) is 5.11 Å². The third-order valence-corrected chi connectivity index (χ3v) is 3.21. The molecular weight excluding hydrogens is 204 g/mol. The summed E-state index contributed by atoms with van der Waals surface area (Å²) in [5.74, 6) is 0.928. The third kappa shape index (κ3) is 1.87. The molecule has 1 aromatic rings. The molecule has 16 heavy (non-hydrogen) atoms. The van der Waals surface area contributed by atoms with E-state index in [1.807, 2.05) is 20.9 Å². The number of aromatic nitrogens is 2. The molecule has 5 heteroatoms. The summed E-state index contributed by atoms with van der Waals surface area (Å²) in [6.07, 6.45) is 1.83. The van der Waals surface area contributed by atoms with Crippen LogP contribution < -0.4 is 10.6 Å². The van der Waals surface area contributed by atoms with E-state index in [4.69, 9.17) is 5.73 Å². The molecule has 1 aliphatic rings. The van der Waals surface area contributed by atoms with E-state index in [0.29, 0.717) is 6.54 Å². The molecule has 0 spiro atoms. The summed E-state index contributed by atoms with van der Waals surface area (Å²) in [5.41, 5.74) is 6.97. The summed E-state index contributed by atoms with van der Waals surface area (Å²) >= 11 is 0. The Kier molecular flexibility index (Phi) is 2.58. The van der Waals surface area contributed by atoms with Crippen LogP contribution in [-0.2, 0) is 7.05 Å². The zero-order valence-corrected chi connectivity index (χ0v) is 10.2. The quantitative estimate of drug-likeness (QED) is 0.735. The van der Waals surface area contributed by atoms with Crippen LogP contribution >= 0.6 is 0 Å². The molecule has 0 amide bonds. The lowest BCUT2D eigenvalue weighted by Gasteiger charge is -2.38. The average Bonchev–Trinajstić information content (AvgIpc) is 2.39. The predicted octanol–water partition coefficient (Wildman–Crippen LogP) is 0.662. The summed E-state index contributed by atoms with van der Waals surface area (Å²) in [7, 11) is 1.89. The van der Waals surface area contributed by atoms with Crippen LogP contribution in [0.2, 0.25) is 0 Å². The number of nitrogens with two attached hydrogens (primary N) is 1. The van der Waals surface area contributed by atoms with Gasteiger partial charge in [0, 0.05) is 20.1 Å². The molecular formula is C11H20N4O. The third-order valence-electron chi connectivity index (χ3n) is 3.21. The van der Waals surface area contributed by atoms with Crippen LogP contribution in [-0.4, -0.2) is 33.6 Å².